The SMILES string of the molecule is CCc1cc(C(C)(C)C)cc(N=Cc2ccccc2[N+](=O)[O-])c1OC. The Kier molecular flexibility index (Phi) is 5.57. The first-order valence-electron chi connectivity index (χ1n) is 8.26. The number of hydrogen-bond donors (Lipinski definition) is 0. The maximum Gasteiger partial charge on any atom is 0.278 e. The third kappa shape index (κ3) is 4.24. The standard InChI is InChI=1S/C20H24N2O3/c1-6-14-11-16(20(2,3)4)12-17(19(14)25-5)21-13-15-9-7-8-10-18(15)22(23)24/h7-13H,6H2,1-5H3. The van der Waals surface area contributed by atoms with Crippen LogP contribution in [0.4, 0.5) is 11.4 Å². The van der Waals surface area contributed by atoms with Crippen molar-refractivity contribution in [1.82, 2.24) is 0 Å². The number of para-hydroxylation sites is 1. The first-order valence-corrected chi connectivity index (χ1v) is 8.26. The van der Waals surface area contributed by atoms with Crippen LogP contribution in [0.15, 0.2) is 41.4 Å². The van der Waals surface area contributed by atoms with Crippen molar-refractivity contribution < 1.29 is 9.66 Å². The molecule has 0 aromatic heterocycles. The van der Waals surface area contributed by atoms with E-state index in [1.165, 1.54) is 12.3 Å². The molecule has 0 spiro atoms. The van der Waals surface area contributed by atoms with Gasteiger partial charge in [-0.05, 0) is 35.1 Å². The summed E-state index contributed by atoms with van der Waals surface area (Å²) in [4.78, 5) is 15.3. The van der Waals surface area contributed by atoms with Gasteiger partial charge in [0, 0.05) is 12.3 Å². The number of nitrogens with zero attached hydrogens (tertiary/aromatic N) is 2. The van der Waals surface area contributed by atoms with E-state index in [-0.39, 0.29) is 11.1 Å². The fourth-order valence-corrected chi connectivity index (χ4v) is 2.60. The van der Waals surface area contributed by atoms with Gasteiger partial charge in [0.25, 0.3) is 5.69 Å². The molecule has 2 aromatic rings. The Balaban J connectivity index is 2.57. The Morgan fingerprint density at radius 2 is 1.92 bits per heavy atom. The van der Waals surface area contributed by atoms with Gasteiger partial charge in [-0.3, -0.25) is 15.1 Å². The first-order chi connectivity index (χ1) is 11.8. The molecule has 25 heavy (non-hydrogen) atoms. The number of aryl methyl sites for hydroxylation is 1. The number of rotatable bonds is 5. The van der Waals surface area contributed by atoms with Gasteiger partial charge in [0.05, 0.1) is 17.6 Å². The highest BCUT2D eigenvalue weighted by Crippen LogP contribution is 2.37. The molecular formula is C20H24N2O3. The van der Waals surface area contributed by atoms with Gasteiger partial charge in [0.1, 0.15) is 11.4 Å². The van der Waals surface area contributed by atoms with Crippen LogP contribution in [0.3, 0.4) is 0 Å². The van der Waals surface area contributed by atoms with E-state index in [1.807, 2.05) is 6.07 Å². The average molecular weight is 340 g/mol. The van der Waals surface area contributed by atoms with Gasteiger partial charge >= 0.3 is 0 Å². The van der Waals surface area contributed by atoms with Crippen molar-refractivity contribution in [3.05, 3.63) is 63.2 Å². The number of nitro benzene ring substituents is 1. The summed E-state index contributed by atoms with van der Waals surface area (Å²) in [5, 5.41) is 11.2. The predicted octanol–water partition coefficient (Wildman–Crippen LogP) is 5.21. The summed E-state index contributed by atoms with van der Waals surface area (Å²) < 4.78 is 5.55. The molecular weight excluding hydrogens is 316 g/mol. The Morgan fingerprint density at radius 3 is 2.48 bits per heavy atom. The van der Waals surface area contributed by atoms with Gasteiger partial charge in [-0.2, -0.15) is 0 Å². The molecule has 2 rings (SSSR count). The third-order valence-electron chi connectivity index (χ3n) is 4.07. The molecule has 0 amide bonds. The maximum atomic E-state index is 11.2. The van der Waals surface area contributed by atoms with E-state index in [9.17, 15) is 10.1 Å². The molecule has 0 saturated carbocycles. The molecule has 5 nitrogen and oxygen atoms in total. The zero-order valence-electron chi connectivity index (χ0n) is 15.4. The highest BCUT2D eigenvalue weighted by molar-refractivity contribution is 5.87. The van der Waals surface area contributed by atoms with Crippen molar-refractivity contribution >= 4 is 17.6 Å². The van der Waals surface area contributed by atoms with Gasteiger partial charge in [-0.15, -0.1) is 0 Å². The van der Waals surface area contributed by atoms with Gasteiger partial charge in [-0.25, -0.2) is 0 Å². The maximum absolute atomic E-state index is 11.2. The van der Waals surface area contributed by atoms with E-state index in [1.54, 1.807) is 25.3 Å². The molecule has 0 heterocycles. The van der Waals surface area contributed by atoms with Gasteiger partial charge in [0.2, 0.25) is 0 Å². The van der Waals surface area contributed by atoms with Gasteiger partial charge in [0.15, 0.2) is 0 Å². The van der Waals surface area contributed by atoms with Crippen LogP contribution in [0, 0.1) is 10.1 Å². The topological polar surface area (TPSA) is 64.7 Å². The number of ether oxygens (including phenoxy) is 1. The summed E-state index contributed by atoms with van der Waals surface area (Å²) in [7, 11) is 1.62. The molecule has 0 radical (unpaired) electrons. The van der Waals surface area contributed by atoms with Crippen molar-refractivity contribution in [3.63, 3.8) is 0 Å². The fourth-order valence-electron chi connectivity index (χ4n) is 2.60. The van der Waals surface area contributed by atoms with E-state index in [0.717, 1.165) is 17.5 Å². The minimum absolute atomic E-state index is 0.0286. The molecule has 2 aromatic carbocycles. The van der Waals surface area contributed by atoms with Gasteiger partial charge < -0.3 is 4.74 Å². The minimum atomic E-state index is -0.401. The summed E-state index contributed by atoms with van der Waals surface area (Å²) in [6.07, 6.45) is 2.35. The van der Waals surface area contributed by atoms with Crippen LogP contribution in [0.25, 0.3) is 0 Å². The van der Waals surface area contributed by atoms with Crippen LogP contribution < -0.4 is 4.74 Å². The summed E-state index contributed by atoms with van der Waals surface area (Å²) in [5.41, 5.74) is 3.38. The normalized spacial score (nSPS) is 11.7. The van der Waals surface area contributed by atoms with Crippen molar-refractivity contribution in [1.29, 1.82) is 0 Å². The second kappa shape index (κ2) is 7.47. The van der Waals surface area contributed by atoms with E-state index in [2.05, 4.69) is 38.8 Å². The number of nitro groups is 1. The molecule has 0 aliphatic heterocycles. The Bertz CT molecular complexity index is 805. The summed E-state index contributed by atoms with van der Waals surface area (Å²) in [6, 6.07) is 10.7. The lowest BCUT2D eigenvalue weighted by molar-refractivity contribution is -0.385. The zero-order valence-corrected chi connectivity index (χ0v) is 15.4. The molecule has 0 unspecified atom stereocenters. The van der Waals surface area contributed by atoms with Crippen LogP contribution in [0.5, 0.6) is 5.75 Å². The Hall–Kier alpha value is -2.69. The largest absolute Gasteiger partial charge is 0.494 e. The lowest BCUT2D eigenvalue weighted by Gasteiger charge is -2.22. The fraction of sp³-hybridized carbons (Fsp3) is 0.350. The Morgan fingerprint density at radius 1 is 1.24 bits per heavy atom. The summed E-state index contributed by atoms with van der Waals surface area (Å²) in [5.74, 6) is 0.713. The number of hydrogen-bond acceptors (Lipinski definition) is 4. The molecule has 0 N–H and O–H groups in total. The summed E-state index contributed by atoms with van der Waals surface area (Å²) in [6.45, 7) is 8.50. The van der Waals surface area contributed by atoms with Crippen molar-refractivity contribution in [3.8, 4) is 5.75 Å². The lowest BCUT2D eigenvalue weighted by Crippen LogP contribution is -2.11. The van der Waals surface area contributed by atoms with Crippen molar-refractivity contribution in [2.24, 2.45) is 4.99 Å². The van der Waals surface area contributed by atoms with E-state index in [4.69, 9.17) is 4.74 Å². The molecule has 132 valence electrons. The zero-order chi connectivity index (χ0) is 18.6. The Labute approximate surface area is 148 Å². The predicted molar refractivity (Wildman–Crippen MR) is 101 cm³/mol. The van der Waals surface area contributed by atoms with Crippen molar-refractivity contribution in [2.75, 3.05) is 7.11 Å². The molecule has 0 atom stereocenters. The van der Waals surface area contributed by atoms with E-state index >= 15 is 0 Å². The van der Waals surface area contributed by atoms with Crippen LogP contribution in [0.1, 0.15) is 44.4 Å². The average Bonchev–Trinajstić information content (AvgIpc) is 2.58. The smallest absolute Gasteiger partial charge is 0.278 e. The molecule has 0 bridgehead atoms. The summed E-state index contributed by atoms with van der Waals surface area (Å²) >= 11 is 0. The van der Waals surface area contributed by atoms with Gasteiger partial charge in [-0.1, -0.05) is 45.9 Å². The second-order valence-corrected chi connectivity index (χ2v) is 6.87. The lowest BCUT2D eigenvalue weighted by atomic mass is 9.85. The molecule has 0 saturated heterocycles. The van der Waals surface area contributed by atoms with Crippen LogP contribution >= 0.6 is 0 Å². The molecule has 0 aliphatic rings. The van der Waals surface area contributed by atoms with Crippen LogP contribution in [-0.2, 0) is 11.8 Å². The third-order valence-corrected chi connectivity index (χ3v) is 4.07. The monoisotopic (exact) mass is 340 g/mol. The molecule has 0 fully saturated rings. The van der Waals surface area contributed by atoms with Crippen molar-refractivity contribution in [2.45, 2.75) is 39.5 Å². The van der Waals surface area contributed by atoms with E-state index < -0.39 is 4.92 Å². The van der Waals surface area contributed by atoms with Crippen LogP contribution in [0.2, 0.25) is 0 Å². The first kappa shape index (κ1) is 18.6. The number of benzene rings is 2. The number of methoxy groups -OCH3 is 1. The highest BCUT2D eigenvalue weighted by Gasteiger charge is 2.19. The molecule has 0 aliphatic carbocycles. The highest BCUT2D eigenvalue weighted by atomic mass is 16.6. The quantitative estimate of drug-likeness (QED) is 0.426. The van der Waals surface area contributed by atoms with Crippen LogP contribution in [-0.4, -0.2) is 18.2 Å². The number of aliphatic imine (C=N–C) groups is 1. The minimum Gasteiger partial charge on any atom is -0.494 e. The molecule has 5 heteroatoms. The van der Waals surface area contributed by atoms with E-state index in [0.29, 0.717) is 17.0 Å². The second-order valence-electron chi connectivity index (χ2n) is 6.87.